The molecule has 2 aliphatic heterocycles. The molecule has 0 aliphatic carbocycles. The fourth-order valence-corrected chi connectivity index (χ4v) is 4.01. The maximum Gasteiger partial charge on any atom is 0.225 e. The third-order valence-electron chi connectivity index (χ3n) is 5.31. The van der Waals surface area contributed by atoms with Gasteiger partial charge in [0.25, 0.3) is 0 Å². The van der Waals surface area contributed by atoms with Gasteiger partial charge in [-0.25, -0.2) is 9.97 Å². The number of nitrogens with zero attached hydrogens (tertiary/aromatic N) is 4. The normalized spacial score (nSPS) is 24.4. The number of aromatic nitrogens is 2. The highest BCUT2D eigenvalue weighted by molar-refractivity contribution is 5.35. The second-order valence-electron chi connectivity index (χ2n) is 6.82. The van der Waals surface area contributed by atoms with Gasteiger partial charge in [0.15, 0.2) is 0 Å². The van der Waals surface area contributed by atoms with Gasteiger partial charge in [-0.2, -0.15) is 0 Å². The minimum Gasteiger partial charge on any atom is -0.383 e. The van der Waals surface area contributed by atoms with Crippen LogP contribution >= 0.6 is 0 Å². The molecule has 2 fully saturated rings. The molecule has 0 saturated carbocycles. The first-order valence-corrected chi connectivity index (χ1v) is 8.50. The van der Waals surface area contributed by atoms with E-state index in [1.165, 1.54) is 19.3 Å². The Morgan fingerprint density at radius 3 is 2.57 bits per heavy atom. The van der Waals surface area contributed by atoms with Crippen molar-refractivity contribution in [2.45, 2.75) is 25.3 Å². The highest BCUT2D eigenvalue weighted by atomic mass is 16.5. The van der Waals surface area contributed by atoms with Gasteiger partial charge in [0.2, 0.25) is 5.95 Å². The predicted molar refractivity (Wildman–Crippen MR) is 89.6 cm³/mol. The van der Waals surface area contributed by atoms with Crippen LogP contribution in [0.5, 0.6) is 0 Å². The Morgan fingerprint density at radius 2 is 1.91 bits per heavy atom. The van der Waals surface area contributed by atoms with Crippen LogP contribution in [-0.2, 0) is 9.47 Å². The van der Waals surface area contributed by atoms with Crippen molar-refractivity contribution >= 4 is 5.95 Å². The number of piperidine rings is 1. The van der Waals surface area contributed by atoms with Crippen molar-refractivity contribution in [2.24, 2.45) is 5.41 Å². The van der Waals surface area contributed by atoms with Gasteiger partial charge in [-0.1, -0.05) is 0 Å². The molecule has 1 aromatic heterocycles. The maximum atomic E-state index is 5.46. The Kier molecular flexibility index (Phi) is 5.46. The Bertz CT molecular complexity index is 477. The van der Waals surface area contributed by atoms with Crippen LogP contribution < -0.4 is 4.90 Å². The summed E-state index contributed by atoms with van der Waals surface area (Å²) < 4.78 is 10.7. The van der Waals surface area contributed by atoms with E-state index < -0.39 is 0 Å². The fourth-order valence-electron chi connectivity index (χ4n) is 4.01. The van der Waals surface area contributed by atoms with Crippen molar-refractivity contribution < 1.29 is 9.47 Å². The van der Waals surface area contributed by atoms with E-state index in [4.69, 9.17) is 9.47 Å². The smallest absolute Gasteiger partial charge is 0.225 e. The third-order valence-corrected chi connectivity index (χ3v) is 5.31. The van der Waals surface area contributed by atoms with Crippen LogP contribution in [0, 0.1) is 5.41 Å². The SMILES string of the molecule is COCCN1CCC2(CC1)C[C@H](COC)N(c1ncccn1)C2. The molecule has 0 aromatic carbocycles. The Morgan fingerprint density at radius 1 is 1.17 bits per heavy atom. The molecule has 0 amide bonds. The summed E-state index contributed by atoms with van der Waals surface area (Å²) in [6.45, 7) is 5.97. The maximum absolute atomic E-state index is 5.46. The molecular formula is C17H28N4O2. The third kappa shape index (κ3) is 3.82. The number of likely N-dealkylation sites (tertiary alicyclic amines) is 1. The molecule has 6 heteroatoms. The van der Waals surface area contributed by atoms with Crippen molar-refractivity contribution in [3.63, 3.8) is 0 Å². The van der Waals surface area contributed by atoms with E-state index >= 15 is 0 Å². The zero-order valence-corrected chi connectivity index (χ0v) is 14.3. The largest absolute Gasteiger partial charge is 0.383 e. The van der Waals surface area contributed by atoms with Gasteiger partial charge < -0.3 is 19.3 Å². The van der Waals surface area contributed by atoms with E-state index in [0.29, 0.717) is 11.5 Å². The van der Waals surface area contributed by atoms with Gasteiger partial charge in [0.1, 0.15) is 0 Å². The average molecular weight is 320 g/mol. The van der Waals surface area contributed by atoms with Crippen LogP contribution in [0.1, 0.15) is 19.3 Å². The van der Waals surface area contributed by atoms with Gasteiger partial charge in [-0.05, 0) is 43.8 Å². The summed E-state index contributed by atoms with van der Waals surface area (Å²) in [5.74, 6) is 0.841. The molecule has 128 valence electrons. The molecule has 2 saturated heterocycles. The Balaban J connectivity index is 1.66. The molecule has 0 unspecified atom stereocenters. The van der Waals surface area contributed by atoms with Crippen LogP contribution in [0.3, 0.4) is 0 Å². The van der Waals surface area contributed by atoms with Crippen molar-refractivity contribution in [1.29, 1.82) is 0 Å². The molecule has 0 bridgehead atoms. The Labute approximate surface area is 138 Å². The molecule has 2 aliphatic rings. The Hall–Kier alpha value is -1.24. The molecule has 3 rings (SSSR count). The van der Waals surface area contributed by atoms with E-state index in [-0.39, 0.29) is 0 Å². The lowest BCUT2D eigenvalue weighted by Crippen LogP contribution is -2.42. The topological polar surface area (TPSA) is 50.7 Å². The molecule has 1 spiro atoms. The van der Waals surface area contributed by atoms with Crippen LogP contribution in [-0.4, -0.2) is 74.5 Å². The molecule has 1 atom stereocenters. The molecule has 0 N–H and O–H groups in total. The summed E-state index contributed by atoms with van der Waals surface area (Å²) in [5, 5.41) is 0. The summed E-state index contributed by atoms with van der Waals surface area (Å²) in [5.41, 5.74) is 0.381. The number of rotatable bonds is 6. The summed E-state index contributed by atoms with van der Waals surface area (Å²) >= 11 is 0. The lowest BCUT2D eigenvalue weighted by atomic mass is 9.76. The standard InChI is InChI=1S/C17H28N4O2/c1-22-11-10-20-8-4-17(5-9-20)12-15(13-23-2)21(14-17)16-18-6-3-7-19-16/h3,6-7,15H,4-5,8-14H2,1-2H3/t15-/m1/s1. The summed E-state index contributed by atoms with van der Waals surface area (Å²) in [6, 6.07) is 2.25. The lowest BCUT2D eigenvalue weighted by molar-refractivity contribution is 0.0837. The van der Waals surface area contributed by atoms with Gasteiger partial charge in [-0.15, -0.1) is 0 Å². The van der Waals surface area contributed by atoms with Crippen molar-refractivity contribution in [3.8, 4) is 0 Å². The van der Waals surface area contributed by atoms with Crippen molar-refractivity contribution in [2.75, 3.05) is 58.5 Å². The van der Waals surface area contributed by atoms with Crippen molar-refractivity contribution in [3.05, 3.63) is 18.5 Å². The molecule has 6 nitrogen and oxygen atoms in total. The first-order chi connectivity index (χ1) is 11.3. The average Bonchev–Trinajstić information content (AvgIpc) is 2.94. The zero-order chi connectivity index (χ0) is 16.1. The predicted octanol–water partition coefficient (Wildman–Crippen LogP) is 1.43. The van der Waals surface area contributed by atoms with Gasteiger partial charge in [-0.3, -0.25) is 0 Å². The second kappa shape index (κ2) is 7.55. The second-order valence-corrected chi connectivity index (χ2v) is 6.82. The number of ether oxygens (including phenoxy) is 2. The molecular weight excluding hydrogens is 292 g/mol. The van der Waals surface area contributed by atoms with E-state index in [1.54, 1.807) is 14.2 Å². The van der Waals surface area contributed by atoms with Crippen LogP contribution in [0.25, 0.3) is 0 Å². The van der Waals surface area contributed by atoms with E-state index in [0.717, 1.165) is 45.3 Å². The lowest BCUT2D eigenvalue weighted by Gasteiger charge is -2.39. The molecule has 1 aromatic rings. The number of anilines is 1. The van der Waals surface area contributed by atoms with E-state index in [1.807, 2.05) is 18.5 Å². The van der Waals surface area contributed by atoms with Gasteiger partial charge in [0.05, 0.1) is 19.3 Å². The highest BCUT2D eigenvalue weighted by Crippen LogP contribution is 2.44. The van der Waals surface area contributed by atoms with Gasteiger partial charge >= 0.3 is 0 Å². The summed E-state index contributed by atoms with van der Waals surface area (Å²) in [6.07, 6.45) is 7.30. The minimum atomic E-state index is 0.381. The highest BCUT2D eigenvalue weighted by Gasteiger charge is 2.46. The van der Waals surface area contributed by atoms with Crippen molar-refractivity contribution in [1.82, 2.24) is 14.9 Å². The quantitative estimate of drug-likeness (QED) is 0.790. The summed E-state index contributed by atoms with van der Waals surface area (Å²) in [7, 11) is 3.55. The van der Waals surface area contributed by atoms with E-state index in [9.17, 15) is 0 Å². The molecule has 23 heavy (non-hydrogen) atoms. The number of hydrogen-bond acceptors (Lipinski definition) is 6. The minimum absolute atomic E-state index is 0.381. The zero-order valence-electron chi connectivity index (χ0n) is 14.3. The monoisotopic (exact) mass is 320 g/mol. The number of hydrogen-bond donors (Lipinski definition) is 0. The fraction of sp³-hybridized carbons (Fsp3) is 0.765. The molecule has 3 heterocycles. The van der Waals surface area contributed by atoms with Crippen LogP contribution in [0.15, 0.2) is 18.5 Å². The first kappa shape index (κ1) is 16.6. The number of methoxy groups -OCH3 is 2. The summed E-state index contributed by atoms with van der Waals surface area (Å²) in [4.78, 5) is 13.8. The van der Waals surface area contributed by atoms with Gasteiger partial charge in [0, 0.05) is 39.7 Å². The first-order valence-electron chi connectivity index (χ1n) is 8.50. The van der Waals surface area contributed by atoms with Crippen LogP contribution in [0.2, 0.25) is 0 Å². The molecule has 0 radical (unpaired) electrons. The van der Waals surface area contributed by atoms with E-state index in [2.05, 4.69) is 19.8 Å². The van der Waals surface area contributed by atoms with Crippen LogP contribution in [0.4, 0.5) is 5.95 Å².